The number of hydrogen-bond donors (Lipinski definition) is 1. The maximum atomic E-state index is 6.15. The molecule has 3 nitrogen and oxygen atoms in total. The Bertz CT molecular complexity index is 482. The van der Waals surface area contributed by atoms with Gasteiger partial charge in [-0.05, 0) is 49.1 Å². The fourth-order valence-electron chi connectivity index (χ4n) is 4.21. The van der Waals surface area contributed by atoms with Crippen LogP contribution in [0.1, 0.15) is 55.2 Å². The van der Waals surface area contributed by atoms with Crippen LogP contribution in [0.2, 0.25) is 0 Å². The molecule has 2 saturated carbocycles. The third-order valence-electron chi connectivity index (χ3n) is 5.52. The van der Waals surface area contributed by atoms with E-state index in [2.05, 4.69) is 29.2 Å². The van der Waals surface area contributed by atoms with E-state index in [0.717, 1.165) is 19.1 Å². The Morgan fingerprint density at radius 2 is 1.95 bits per heavy atom. The Morgan fingerprint density at radius 1 is 1.14 bits per heavy atom. The molecule has 0 amide bonds. The van der Waals surface area contributed by atoms with Gasteiger partial charge in [0.1, 0.15) is 0 Å². The van der Waals surface area contributed by atoms with Gasteiger partial charge in [-0.25, -0.2) is 0 Å². The number of rotatable bonds is 4. The van der Waals surface area contributed by atoms with Crippen LogP contribution in [0.5, 0.6) is 0 Å². The van der Waals surface area contributed by atoms with Gasteiger partial charge in [0.05, 0.1) is 12.7 Å². The van der Waals surface area contributed by atoms with E-state index in [9.17, 15) is 0 Å². The van der Waals surface area contributed by atoms with Gasteiger partial charge in [-0.15, -0.1) is 0 Å². The molecule has 3 unspecified atom stereocenters. The summed E-state index contributed by atoms with van der Waals surface area (Å²) in [7, 11) is 0. The van der Waals surface area contributed by atoms with Crippen molar-refractivity contribution in [2.75, 3.05) is 19.7 Å². The molecule has 1 saturated heterocycles. The molecule has 114 valence electrons. The minimum absolute atomic E-state index is 0.354. The van der Waals surface area contributed by atoms with Crippen LogP contribution < -0.4 is 5.73 Å². The summed E-state index contributed by atoms with van der Waals surface area (Å²) < 4.78 is 5.94. The lowest BCUT2D eigenvalue weighted by molar-refractivity contribution is -0.0711. The van der Waals surface area contributed by atoms with Gasteiger partial charge in [-0.3, -0.25) is 4.90 Å². The van der Waals surface area contributed by atoms with Gasteiger partial charge < -0.3 is 10.5 Å². The predicted molar refractivity (Wildman–Crippen MR) is 84.3 cm³/mol. The third-order valence-corrected chi connectivity index (χ3v) is 5.52. The van der Waals surface area contributed by atoms with E-state index >= 15 is 0 Å². The van der Waals surface area contributed by atoms with E-state index in [1.54, 1.807) is 0 Å². The average molecular weight is 286 g/mol. The number of hydrogen-bond acceptors (Lipinski definition) is 3. The van der Waals surface area contributed by atoms with E-state index in [4.69, 9.17) is 10.5 Å². The summed E-state index contributed by atoms with van der Waals surface area (Å²) in [5.74, 6) is 0.831. The fraction of sp³-hybridized carbons (Fsp3) is 0.667. The molecule has 0 radical (unpaired) electrons. The van der Waals surface area contributed by atoms with Crippen molar-refractivity contribution in [3.63, 3.8) is 0 Å². The summed E-state index contributed by atoms with van der Waals surface area (Å²) in [5, 5.41) is 0. The molecule has 4 rings (SSSR count). The van der Waals surface area contributed by atoms with Gasteiger partial charge in [0.25, 0.3) is 0 Å². The van der Waals surface area contributed by atoms with Crippen LogP contribution in [0, 0.1) is 0 Å². The van der Waals surface area contributed by atoms with Crippen molar-refractivity contribution in [2.24, 2.45) is 5.73 Å². The first-order chi connectivity index (χ1) is 10.4. The summed E-state index contributed by atoms with van der Waals surface area (Å²) in [4.78, 5) is 2.62. The quantitative estimate of drug-likeness (QED) is 0.925. The number of benzene rings is 1. The van der Waals surface area contributed by atoms with Crippen molar-refractivity contribution in [3.05, 3.63) is 35.4 Å². The molecule has 2 aliphatic carbocycles. The molecular formula is C18H26N2O. The summed E-state index contributed by atoms with van der Waals surface area (Å²) in [6, 6.07) is 10.2. The van der Waals surface area contributed by atoms with E-state index < -0.39 is 0 Å². The summed E-state index contributed by atoms with van der Waals surface area (Å²) >= 11 is 0. The molecule has 1 aromatic rings. The van der Waals surface area contributed by atoms with Crippen LogP contribution in [0.3, 0.4) is 0 Å². The van der Waals surface area contributed by atoms with Gasteiger partial charge in [-0.1, -0.05) is 24.3 Å². The average Bonchev–Trinajstić information content (AvgIpc) is 3.26. The lowest BCUT2D eigenvalue weighted by Crippen LogP contribution is -2.51. The first-order valence-corrected chi connectivity index (χ1v) is 8.54. The lowest BCUT2D eigenvalue weighted by atomic mass is 9.98. The Kier molecular flexibility index (Phi) is 3.74. The van der Waals surface area contributed by atoms with E-state index in [-0.39, 0.29) is 0 Å². The van der Waals surface area contributed by atoms with E-state index in [1.165, 1.54) is 43.2 Å². The molecule has 1 heterocycles. The number of nitrogens with zero attached hydrogens (tertiary/aromatic N) is 1. The highest BCUT2D eigenvalue weighted by Gasteiger charge is 2.39. The summed E-state index contributed by atoms with van der Waals surface area (Å²) in [5.41, 5.74) is 9.04. The molecule has 3 heteroatoms. The SMILES string of the molecule is NCC(c1ccc(C2CC2)cc1)N1CCOC2CCCC21. The van der Waals surface area contributed by atoms with Gasteiger partial charge in [0.2, 0.25) is 0 Å². The molecule has 3 aliphatic rings. The minimum Gasteiger partial charge on any atom is -0.375 e. The van der Waals surface area contributed by atoms with Crippen LogP contribution in [0.4, 0.5) is 0 Å². The Balaban J connectivity index is 1.55. The van der Waals surface area contributed by atoms with Crippen molar-refractivity contribution >= 4 is 0 Å². The highest BCUT2D eigenvalue weighted by molar-refractivity contribution is 5.30. The second kappa shape index (κ2) is 5.71. The number of nitrogens with two attached hydrogens (primary N) is 1. The van der Waals surface area contributed by atoms with Crippen molar-refractivity contribution in [1.82, 2.24) is 4.90 Å². The van der Waals surface area contributed by atoms with Crippen molar-refractivity contribution in [3.8, 4) is 0 Å². The third kappa shape index (κ3) is 2.63. The lowest BCUT2D eigenvalue weighted by Gasteiger charge is -2.42. The zero-order valence-electron chi connectivity index (χ0n) is 12.7. The number of morpholine rings is 1. The van der Waals surface area contributed by atoms with Crippen LogP contribution in [-0.2, 0) is 4.74 Å². The Morgan fingerprint density at radius 3 is 2.67 bits per heavy atom. The van der Waals surface area contributed by atoms with E-state index in [1.807, 2.05) is 0 Å². The van der Waals surface area contributed by atoms with Gasteiger partial charge in [0.15, 0.2) is 0 Å². The van der Waals surface area contributed by atoms with Crippen LogP contribution in [0.25, 0.3) is 0 Å². The van der Waals surface area contributed by atoms with Gasteiger partial charge >= 0.3 is 0 Å². The molecule has 2 N–H and O–H groups in total. The van der Waals surface area contributed by atoms with Crippen molar-refractivity contribution in [1.29, 1.82) is 0 Å². The summed E-state index contributed by atoms with van der Waals surface area (Å²) in [6.07, 6.45) is 6.96. The first-order valence-electron chi connectivity index (χ1n) is 8.54. The maximum absolute atomic E-state index is 6.15. The zero-order valence-corrected chi connectivity index (χ0v) is 12.7. The standard InChI is InChI=1S/C18H26N2O/c19-12-17(15-8-6-14(7-9-15)13-4-5-13)20-10-11-21-18-3-1-2-16(18)20/h6-9,13,16-18H,1-5,10-12,19H2. The highest BCUT2D eigenvalue weighted by Crippen LogP contribution is 2.41. The molecule has 21 heavy (non-hydrogen) atoms. The molecular weight excluding hydrogens is 260 g/mol. The molecule has 0 bridgehead atoms. The van der Waals surface area contributed by atoms with Crippen molar-refractivity contribution in [2.45, 2.75) is 56.2 Å². The Labute approximate surface area is 127 Å². The minimum atomic E-state index is 0.354. The number of fused-ring (bicyclic) bond motifs is 1. The largest absolute Gasteiger partial charge is 0.375 e. The molecule has 3 fully saturated rings. The van der Waals surface area contributed by atoms with Crippen LogP contribution in [-0.4, -0.2) is 36.7 Å². The fourth-order valence-corrected chi connectivity index (χ4v) is 4.21. The number of ether oxygens (including phenoxy) is 1. The molecule has 1 aromatic carbocycles. The smallest absolute Gasteiger partial charge is 0.0731 e. The molecule has 3 atom stereocenters. The zero-order chi connectivity index (χ0) is 14.2. The topological polar surface area (TPSA) is 38.5 Å². The maximum Gasteiger partial charge on any atom is 0.0731 e. The predicted octanol–water partition coefficient (Wildman–Crippen LogP) is 2.82. The normalized spacial score (nSPS) is 31.1. The van der Waals surface area contributed by atoms with Crippen molar-refractivity contribution < 1.29 is 4.74 Å². The second-order valence-electron chi connectivity index (χ2n) is 6.84. The highest BCUT2D eigenvalue weighted by atomic mass is 16.5. The molecule has 1 aliphatic heterocycles. The van der Waals surface area contributed by atoms with Gasteiger partial charge in [-0.2, -0.15) is 0 Å². The summed E-state index contributed by atoms with van der Waals surface area (Å²) in [6.45, 7) is 2.58. The van der Waals surface area contributed by atoms with Crippen LogP contribution >= 0.6 is 0 Å². The molecule has 0 aromatic heterocycles. The Hall–Kier alpha value is -0.900. The van der Waals surface area contributed by atoms with Gasteiger partial charge in [0, 0.05) is 25.2 Å². The monoisotopic (exact) mass is 286 g/mol. The second-order valence-corrected chi connectivity index (χ2v) is 6.84. The first kappa shape index (κ1) is 13.7. The van der Waals surface area contributed by atoms with Crippen LogP contribution in [0.15, 0.2) is 24.3 Å². The molecule has 0 spiro atoms. The van der Waals surface area contributed by atoms with E-state index in [0.29, 0.717) is 24.7 Å².